The van der Waals surface area contributed by atoms with Gasteiger partial charge in [-0.15, -0.1) is 0 Å². The first-order valence-corrected chi connectivity index (χ1v) is 12.1. The number of ether oxygens (including phenoxy) is 1. The minimum Gasteiger partial charge on any atom is -0.448 e. The van der Waals surface area contributed by atoms with Crippen molar-refractivity contribution in [2.45, 2.75) is 44.2 Å². The topological polar surface area (TPSA) is 29.5 Å². The summed E-state index contributed by atoms with van der Waals surface area (Å²) in [7, 11) is 0. The molecule has 0 saturated carbocycles. The van der Waals surface area contributed by atoms with Gasteiger partial charge in [-0.1, -0.05) is 72.3 Å². The Morgan fingerprint density at radius 2 is 1.67 bits per heavy atom. The van der Waals surface area contributed by atoms with Gasteiger partial charge in [0.25, 0.3) is 0 Å². The van der Waals surface area contributed by atoms with Crippen LogP contribution < -0.4 is 0 Å². The molecule has 3 aliphatic rings. The number of nitrogens with zero attached hydrogens (tertiary/aromatic N) is 1. The molecule has 0 radical (unpaired) electrons. The van der Waals surface area contributed by atoms with Crippen molar-refractivity contribution in [3.63, 3.8) is 0 Å². The quantitative estimate of drug-likeness (QED) is 0.417. The van der Waals surface area contributed by atoms with Gasteiger partial charge in [-0.25, -0.2) is 4.79 Å². The Hall–Kier alpha value is -3.04. The number of benzene rings is 3. The smallest absolute Gasteiger partial charge is 0.410 e. The average Bonchev–Trinajstić information content (AvgIpc) is 3.28. The van der Waals surface area contributed by atoms with Crippen molar-refractivity contribution < 1.29 is 9.53 Å². The van der Waals surface area contributed by atoms with E-state index in [0.717, 1.165) is 24.3 Å². The van der Waals surface area contributed by atoms with Gasteiger partial charge in [0.05, 0.1) is 6.04 Å². The standard InChI is InChI=1S/C29H26ClNO2/c1-18-14-20(30)10-13-23(18)19-15-21-11-12-22(16-19)31(21)29(32)33-17-28-26-8-4-2-6-24(26)25-7-3-5-9-27(25)28/h2-10,13-15,21-22,28H,11-12,16-17H2,1H3. The molecule has 2 atom stereocenters. The van der Waals surface area contributed by atoms with Crippen LogP contribution in [0.5, 0.6) is 0 Å². The number of halogens is 1. The van der Waals surface area contributed by atoms with E-state index in [4.69, 9.17) is 16.3 Å². The minimum atomic E-state index is -0.188. The lowest BCUT2D eigenvalue weighted by Crippen LogP contribution is -2.43. The van der Waals surface area contributed by atoms with Crippen molar-refractivity contribution in [3.8, 4) is 11.1 Å². The number of hydrogen-bond acceptors (Lipinski definition) is 2. The summed E-state index contributed by atoms with van der Waals surface area (Å²) < 4.78 is 5.98. The molecule has 3 aromatic carbocycles. The number of carbonyl (C=O) groups excluding carboxylic acids is 1. The van der Waals surface area contributed by atoms with E-state index < -0.39 is 0 Å². The van der Waals surface area contributed by atoms with Crippen LogP contribution in [0, 0.1) is 6.92 Å². The maximum absolute atomic E-state index is 13.3. The lowest BCUT2D eigenvalue weighted by Gasteiger charge is -2.34. The van der Waals surface area contributed by atoms with Gasteiger partial charge in [0.2, 0.25) is 0 Å². The molecule has 3 nitrogen and oxygen atoms in total. The summed E-state index contributed by atoms with van der Waals surface area (Å²) in [5, 5.41) is 0.760. The molecule has 2 heterocycles. The van der Waals surface area contributed by atoms with Crippen molar-refractivity contribution >= 4 is 23.3 Å². The summed E-state index contributed by atoms with van der Waals surface area (Å²) in [5.41, 5.74) is 8.73. The van der Waals surface area contributed by atoms with Crippen LogP contribution in [0.1, 0.15) is 47.4 Å². The summed E-state index contributed by atoms with van der Waals surface area (Å²) in [6.07, 6.45) is 4.95. The third-order valence-electron chi connectivity index (χ3n) is 7.48. The van der Waals surface area contributed by atoms with Gasteiger partial charge in [-0.05, 0) is 77.3 Å². The zero-order valence-corrected chi connectivity index (χ0v) is 19.4. The molecule has 3 aromatic rings. The highest BCUT2D eigenvalue weighted by atomic mass is 35.5. The molecule has 0 spiro atoms. The molecule has 4 heteroatoms. The molecule has 2 bridgehead atoms. The molecular weight excluding hydrogens is 430 g/mol. The van der Waals surface area contributed by atoms with E-state index in [1.54, 1.807) is 0 Å². The Kier molecular flexibility index (Phi) is 5.03. The van der Waals surface area contributed by atoms with Gasteiger partial charge in [-0.3, -0.25) is 4.90 Å². The molecular formula is C29H26ClNO2. The maximum atomic E-state index is 13.3. The SMILES string of the molecule is Cc1cc(Cl)ccc1C1=CC2CCC(C1)N2C(=O)OCC1c2ccccc2-c2ccccc21. The first-order chi connectivity index (χ1) is 16.1. The molecule has 1 fully saturated rings. The monoisotopic (exact) mass is 455 g/mol. The predicted molar refractivity (Wildman–Crippen MR) is 133 cm³/mol. The molecule has 1 amide bonds. The molecule has 0 aromatic heterocycles. The molecule has 6 rings (SSSR count). The zero-order valence-electron chi connectivity index (χ0n) is 18.6. The molecule has 166 valence electrons. The summed E-state index contributed by atoms with van der Waals surface area (Å²) in [6.45, 7) is 2.47. The first kappa shape index (κ1) is 20.6. The molecule has 2 unspecified atom stereocenters. The van der Waals surface area contributed by atoms with Crippen molar-refractivity contribution in [3.05, 3.63) is 100 Å². The van der Waals surface area contributed by atoms with E-state index >= 15 is 0 Å². The molecule has 0 N–H and O–H groups in total. The number of rotatable bonds is 3. The normalized spacial score (nSPS) is 20.9. The number of carbonyl (C=O) groups is 1. The highest BCUT2D eigenvalue weighted by Gasteiger charge is 2.41. The fraction of sp³-hybridized carbons (Fsp3) is 0.276. The van der Waals surface area contributed by atoms with E-state index in [1.165, 1.54) is 39.0 Å². The van der Waals surface area contributed by atoms with Crippen LogP contribution in [0.2, 0.25) is 5.02 Å². The van der Waals surface area contributed by atoms with Crippen LogP contribution in [0.25, 0.3) is 16.7 Å². The largest absolute Gasteiger partial charge is 0.448 e. The molecule has 1 saturated heterocycles. The van der Waals surface area contributed by atoms with Crippen LogP contribution in [-0.2, 0) is 4.74 Å². The summed E-state index contributed by atoms with van der Waals surface area (Å²) in [6, 6.07) is 23.3. The second-order valence-corrected chi connectivity index (χ2v) is 9.80. The molecule has 2 aliphatic heterocycles. The van der Waals surface area contributed by atoms with Gasteiger partial charge < -0.3 is 4.74 Å². The lowest BCUT2D eigenvalue weighted by molar-refractivity contribution is 0.0866. The highest BCUT2D eigenvalue weighted by Crippen LogP contribution is 2.45. The Morgan fingerprint density at radius 3 is 2.33 bits per heavy atom. The van der Waals surface area contributed by atoms with Crippen LogP contribution in [-0.4, -0.2) is 29.7 Å². The molecule has 1 aliphatic carbocycles. The van der Waals surface area contributed by atoms with E-state index in [0.29, 0.717) is 6.61 Å². The van der Waals surface area contributed by atoms with Crippen molar-refractivity contribution in [2.75, 3.05) is 6.61 Å². The van der Waals surface area contributed by atoms with Gasteiger partial charge in [0, 0.05) is 17.0 Å². The second kappa shape index (κ2) is 8.07. The number of aryl methyl sites for hydroxylation is 1. The van der Waals surface area contributed by atoms with Crippen LogP contribution in [0.15, 0.2) is 72.8 Å². The first-order valence-electron chi connectivity index (χ1n) is 11.7. The summed E-state index contributed by atoms with van der Waals surface area (Å²) in [5.74, 6) is 0.0895. The van der Waals surface area contributed by atoms with Crippen LogP contribution >= 0.6 is 11.6 Å². The maximum Gasteiger partial charge on any atom is 0.410 e. The van der Waals surface area contributed by atoms with E-state index in [2.05, 4.69) is 67.6 Å². The van der Waals surface area contributed by atoms with Crippen molar-refractivity contribution in [1.82, 2.24) is 4.90 Å². The fourth-order valence-corrected chi connectivity index (χ4v) is 6.20. The summed E-state index contributed by atoms with van der Waals surface area (Å²) >= 11 is 6.15. The third-order valence-corrected chi connectivity index (χ3v) is 7.71. The van der Waals surface area contributed by atoms with Gasteiger partial charge in [0.15, 0.2) is 0 Å². The Balaban J connectivity index is 1.21. The Bertz CT molecular complexity index is 1230. The van der Waals surface area contributed by atoms with Crippen LogP contribution in [0.4, 0.5) is 4.79 Å². The lowest BCUT2D eigenvalue weighted by atomic mass is 9.92. The second-order valence-electron chi connectivity index (χ2n) is 9.37. The predicted octanol–water partition coefficient (Wildman–Crippen LogP) is 7.22. The van der Waals surface area contributed by atoms with E-state index in [9.17, 15) is 4.79 Å². The minimum absolute atomic E-state index is 0.0895. The number of hydrogen-bond donors (Lipinski definition) is 0. The molecule has 33 heavy (non-hydrogen) atoms. The Morgan fingerprint density at radius 1 is 0.970 bits per heavy atom. The summed E-state index contributed by atoms with van der Waals surface area (Å²) in [4.78, 5) is 15.2. The van der Waals surface area contributed by atoms with E-state index in [1.807, 2.05) is 17.0 Å². The van der Waals surface area contributed by atoms with Gasteiger partial charge >= 0.3 is 6.09 Å². The zero-order chi connectivity index (χ0) is 22.5. The van der Waals surface area contributed by atoms with Gasteiger partial charge in [0.1, 0.15) is 6.61 Å². The average molecular weight is 456 g/mol. The number of amides is 1. The van der Waals surface area contributed by atoms with Crippen LogP contribution in [0.3, 0.4) is 0 Å². The van der Waals surface area contributed by atoms with Crippen molar-refractivity contribution in [1.29, 1.82) is 0 Å². The van der Waals surface area contributed by atoms with Crippen molar-refractivity contribution in [2.24, 2.45) is 0 Å². The van der Waals surface area contributed by atoms with Gasteiger partial charge in [-0.2, -0.15) is 0 Å². The highest BCUT2D eigenvalue weighted by molar-refractivity contribution is 6.30. The van der Waals surface area contributed by atoms with E-state index in [-0.39, 0.29) is 24.1 Å². The third kappa shape index (κ3) is 3.46. The number of fused-ring (bicyclic) bond motifs is 5. The fourth-order valence-electron chi connectivity index (χ4n) is 5.97. The Labute approximate surface area is 199 Å².